The molecule has 0 aromatic rings. The molecule has 2 saturated heterocycles. The molecule has 4 heteroatoms. The first kappa shape index (κ1) is 14.8. The van der Waals surface area contributed by atoms with E-state index in [0.29, 0.717) is 18.4 Å². The molecular weight excluding hydrogens is 238 g/mol. The Kier molecular flexibility index (Phi) is 5.64. The smallest absolute Gasteiger partial charge is 0.220 e. The van der Waals surface area contributed by atoms with E-state index in [1.54, 1.807) is 0 Å². The molecule has 2 heterocycles. The highest BCUT2D eigenvalue weighted by molar-refractivity contribution is 5.76. The quantitative estimate of drug-likeness (QED) is 0.805. The van der Waals surface area contributed by atoms with Crippen LogP contribution in [0.3, 0.4) is 0 Å². The molecule has 0 radical (unpaired) electrons. The third kappa shape index (κ3) is 4.77. The van der Waals surface area contributed by atoms with E-state index in [1.165, 1.54) is 12.8 Å². The van der Waals surface area contributed by atoms with Crippen LogP contribution in [0, 0.1) is 11.8 Å². The summed E-state index contributed by atoms with van der Waals surface area (Å²) in [5.74, 6) is 1.59. The molecule has 0 saturated carbocycles. The third-order valence-electron chi connectivity index (χ3n) is 4.69. The second kappa shape index (κ2) is 7.25. The fourth-order valence-electron chi connectivity index (χ4n) is 3.35. The van der Waals surface area contributed by atoms with Gasteiger partial charge in [-0.2, -0.15) is 0 Å². The van der Waals surface area contributed by atoms with Crippen LogP contribution in [0.15, 0.2) is 0 Å². The molecule has 0 aromatic heterocycles. The van der Waals surface area contributed by atoms with Crippen LogP contribution in [-0.2, 0) is 4.79 Å². The first-order valence-electron chi connectivity index (χ1n) is 7.84. The number of piperidine rings is 2. The molecule has 0 spiro atoms. The Morgan fingerprint density at radius 1 is 1.32 bits per heavy atom. The van der Waals surface area contributed by atoms with Gasteiger partial charge in [-0.1, -0.05) is 6.92 Å². The van der Waals surface area contributed by atoms with Gasteiger partial charge in [-0.3, -0.25) is 4.79 Å². The Morgan fingerprint density at radius 3 is 2.74 bits per heavy atom. The van der Waals surface area contributed by atoms with Gasteiger partial charge in [-0.25, -0.2) is 0 Å². The monoisotopic (exact) mass is 267 g/mol. The summed E-state index contributed by atoms with van der Waals surface area (Å²) in [5, 5.41) is 6.62. The summed E-state index contributed by atoms with van der Waals surface area (Å²) in [6.07, 6.45) is 5.34. The molecular formula is C15H29N3O. The van der Waals surface area contributed by atoms with Gasteiger partial charge in [0.05, 0.1) is 0 Å². The van der Waals surface area contributed by atoms with Crippen LogP contribution >= 0.6 is 0 Å². The summed E-state index contributed by atoms with van der Waals surface area (Å²) in [6, 6.07) is 0.386. The van der Waals surface area contributed by atoms with Crippen molar-refractivity contribution in [1.29, 1.82) is 0 Å². The molecule has 0 bridgehead atoms. The first-order chi connectivity index (χ1) is 9.15. The summed E-state index contributed by atoms with van der Waals surface area (Å²) in [5.41, 5.74) is 0. The normalized spacial score (nSPS) is 30.2. The van der Waals surface area contributed by atoms with Crippen molar-refractivity contribution in [2.24, 2.45) is 11.8 Å². The topological polar surface area (TPSA) is 44.4 Å². The van der Waals surface area contributed by atoms with Crippen LogP contribution in [0.5, 0.6) is 0 Å². The number of nitrogens with one attached hydrogen (secondary N) is 2. The van der Waals surface area contributed by atoms with Crippen LogP contribution in [0.4, 0.5) is 0 Å². The van der Waals surface area contributed by atoms with E-state index in [-0.39, 0.29) is 5.91 Å². The molecule has 2 atom stereocenters. The highest BCUT2D eigenvalue weighted by Crippen LogP contribution is 2.19. The predicted molar refractivity (Wildman–Crippen MR) is 78.0 cm³/mol. The van der Waals surface area contributed by atoms with Crippen LogP contribution in [0.25, 0.3) is 0 Å². The van der Waals surface area contributed by atoms with E-state index in [2.05, 4.69) is 29.5 Å². The molecule has 110 valence electrons. The number of carbonyl (C=O) groups excluding carboxylic acids is 1. The van der Waals surface area contributed by atoms with Crippen molar-refractivity contribution in [3.05, 3.63) is 0 Å². The van der Waals surface area contributed by atoms with Crippen molar-refractivity contribution in [3.8, 4) is 0 Å². The van der Waals surface area contributed by atoms with Crippen LogP contribution in [-0.4, -0.2) is 50.1 Å². The van der Waals surface area contributed by atoms with Crippen molar-refractivity contribution in [2.45, 2.75) is 45.1 Å². The summed E-state index contributed by atoms with van der Waals surface area (Å²) in [6.45, 7) is 6.69. The molecule has 2 unspecified atom stereocenters. The van der Waals surface area contributed by atoms with Gasteiger partial charge in [0.25, 0.3) is 0 Å². The van der Waals surface area contributed by atoms with Gasteiger partial charge >= 0.3 is 0 Å². The van der Waals surface area contributed by atoms with E-state index in [1.807, 2.05) is 0 Å². The number of likely N-dealkylation sites (tertiary alicyclic amines) is 1. The first-order valence-corrected chi connectivity index (χ1v) is 7.84. The zero-order valence-corrected chi connectivity index (χ0v) is 12.5. The molecule has 2 aliphatic heterocycles. The zero-order chi connectivity index (χ0) is 13.7. The molecule has 0 aliphatic carbocycles. The molecule has 19 heavy (non-hydrogen) atoms. The Bertz CT molecular complexity index is 289. The molecule has 2 N–H and O–H groups in total. The van der Waals surface area contributed by atoms with Gasteiger partial charge in [0.2, 0.25) is 5.91 Å². The summed E-state index contributed by atoms with van der Waals surface area (Å²) in [4.78, 5) is 14.4. The maximum absolute atomic E-state index is 12.0. The number of nitrogens with zero attached hydrogens (tertiary/aromatic N) is 1. The van der Waals surface area contributed by atoms with Crippen LogP contribution < -0.4 is 10.6 Å². The highest BCUT2D eigenvalue weighted by Gasteiger charge is 2.25. The highest BCUT2D eigenvalue weighted by atomic mass is 16.1. The summed E-state index contributed by atoms with van der Waals surface area (Å²) in [7, 11) is 2.16. The van der Waals surface area contributed by atoms with Gasteiger partial charge < -0.3 is 15.5 Å². The number of hydrogen-bond donors (Lipinski definition) is 2. The van der Waals surface area contributed by atoms with Gasteiger partial charge in [0.15, 0.2) is 0 Å². The van der Waals surface area contributed by atoms with Gasteiger partial charge in [0, 0.05) is 19.0 Å². The molecule has 2 aliphatic rings. The molecule has 4 nitrogen and oxygen atoms in total. The molecule has 1 amide bonds. The fourth-order valence-corrected chi connectivity index (χ4v) is 3.35. The number of rotatable bonds is 4. The van der Waals surface area contributed by atoms with E-state index in [9.17, 15) is 4.79 Å². The molecule has 2 rings (SSSR count). The number of hydrogen-bond acceptors (Lipinski definition) is 3. The Balaban J connectivity index is 1.66. The van der Waals surface area contributed by atoms with Crippen molar-refractivity contribution < 1.29 is 4.79 Å². The maximum atomic E-state index is 12.0. The minimum atomic E-state index is 0.264. The van der Waals surface area contributed by atoms with Gasteiger partial charge in [-0.15, -0.1) is 0 Å². The second-order valence-corrected chi connectivity index (χ2v) is 6.43. The van der Waals surface area contributed by atoms with Gasteiger partial charge in [-0.05, 0) is 64.2 Å². The van der Waals surface area contributed by atoms with Crippen molar-refractivity contribution in [2.75, 3.05) is 33.2 Å². The SMILES string of the molecule is CC1CN(C)CCC1NC(=O)CCC1CCNCC1. The second-order valence-electron chi connectivity index (χ2n) is 6.43. The van der Waals surface area contributed by atoms with Gasteiger partial charge in [0.1, 0.15) is 0 Å². The van der Waals surface area contributed by atoms with E-state index in [0.717, 1.165) is 44.9 Å². The Labute approximate surface area is 117 Å². The Hall–Kier alpha value is -0.610. The number of amides is 1. The van der Waals surface area contributed by atoms with E-state index < -0.39 is 0 Å². The van der Waals surface area contributed by atoms with E-state index in [4.69, 9.17) is 0 Å². The average Bonchev–Trinajstić information content (AvgIpc) is 2.41. The van der Waals surface area contributed by atoms with Crippen molar-refractivity contribution in [3.63, 3.8) is 0 Å². The lowest BCUT2D eigenvalue weighted by Gasteiger charge is -2.35. The minimum absolute atomic E-state index is 0.264. The average molecular weight is 267 g/mol. The predicted octanol–water partition coefficient (Wildman–Crippen LogP) is 1.22. The van der Waals surface area contributed by atoms with Crippen molar-refractivity contribution >= 4 is 5.91 Å². The summed E-state index contributed by atoms with van der Waals surface area (Å²) < 4.78 is 0. The standard InChI is InChI=1S/C15H29N3O/c1-12-11-18(2)10-7-14(12)17-15(19)4-3-13-5-8-16-9-6-13/h12-14,16H,3-11H2,1-2H3,(H,17,19). The fraction of sp³-hybridized carbons (Fsp3) is 0.933. The van der Waals surface area contributed by atoms with Crippen molar-refractivity contribution in [1.82, 2.24) is 15.5 Å². The Morgan fingerprint density at radius 2 is 2.05 bits per heavy atom. The van der Waals surface area contributed by atoms with Crippen LogP contribution in [0.2, 0.25) is 0 Å². The lowest BCUT2D eigenvalue weighted by Crippen LogP contribution is -2.48. The summed E-state index contributed by atoms with van der Waals surface area (Å²) >= 11 is 0. The number of carbonyl (C=O) groups is 1. The zero-order valence-electron chi connectivity index (χ0n) is 12.5. The lowest BCUT2D eigenvalue weighted by molar-refractivity contribution is -0.122. The third-order valence-corrected chi connectivity index (χ3v) is 4.69. The van der Waals surface area contributed by atoms with E-state index >= 15 is 0 Å². The van der Waals surface area contributed by atoms with Crippen LogP contribution in [0.1, 0.15) is 39.0 Å². The maximum Gasteiger partial charge on any atom is 0.220 e. The lowest BCUT2D eigenvalue weighted by atomic mass is 9.92. The molecule has 0 aromatic carbocycles. The molecule has 2 fully saturated rings. The minimum Gasteiger partial charge on any atom is -0.353 e. The largest absolute Gasteiger partial charge is 0.353 e.